The van der Waals surface area contributed by atoms with Gasteiger partial charge in [-0.25, -0.2) is 4.79 Å². The van der Waals surface area contributed by atoms with Crippen LogP contribution in [0, 0.1) is 0 Å². The first kappa shape index (κ1) is 14.8. The van der Waals surface area contributed by atoms with E-state index in [1.165, 1.54) is 17.7 Å². The van der Waals surface area contributed by atoms with Crippen molar-refractivity contribution >= 4 is 12.0 Å². The van der Waals surface area contributed by atoms with E-state index in [0.29, 0.717) is 19.1 Å². The molecule has 0 aromatic carbocycles. The van der Waals surface area contributed by atoms with Gasteiger partial charge in [-0.2, -0.15) is 0 Å². The number of hydrogen-bond acceptors (Lipinski definition) is 3. The summed E-state index contributed by atoms with van der Waals surface area (Å²) >= 11 is 0. The number of rotatable bonds is 9. The molecule has 0 atom stereocenters. The lowest BCUT2D eigenvalue weighted by atomic mass is 10.4. The van der Waals surface area contributed by atoms with Crippen LogP contribution in [0.3, 0.4) is 0 Å². The van der Waals surface area contributed by atoms with Crippen LogP contribution < -0.4 is 10.6 Å². The van der Waals surface area contributed by atoms with Crippen LogP contribution in [0.25, 0.3) is 0 Å². The predicted molar refractivity (Wildman–Crippen MR) is 68.5 cm³/mol. The van der Waals surface area contributed by atoms with E-state index in [-0.39, 0.29) is 19.0 Å². The number of nitrogens with one attached hydrogen (secondary N) is 2. The molecule has 0 heterocycles. The maximum Gasteiger partial charge on any atom is 0.317 e. The van der Waals surface area contributed by atoms with E-state index in [1.54, 1.807) is 0 Å². The zero-order valence-corrected chi connectivity index (χ0v) is 10.9. The Labute approximate surface area is 108 Å². The van der Waals surface area contributed by atoms with Gasteiger partial charge in [0.2, 0.25) is 0 Å². The number of hydrogen-bond donors (Lipinski definition) is 3. The summed E-state index contributed by atoms with van der Waals surface area (Å²) in [6.45, 7) is 4.18. The zero-order chi connectivity index (χ0) is 13.4. The second-order valence-electron chi connectivity index (χ2n) is 4.54. The summed E-state index contributed by atoms with van der Waals surface area (Å²) in [5.41, 5.74) is 0. The predicted octanol–water partition coefficient (Wildman–Crippen LogP) is 0.635. The first-order chi connectivity index (χ1) is 8.63. The Morgan fingerprint density at radius 1 is 1.33 bits per heavy atom. The van der Waals surface area contributed by atoms with E-state index < -0.39 is 5.97 Å². The Hall–Kier alpha value is -1.30. The Morgan fingerprint density at radius 3 is 2.61 bits per heavy atom. The highest BCUT2D eigenvalue weighted by atomic mass is 16.4. The number of carboxylic acid groups (broad SMARTS) is 1. The number of carbonyl (C=O) groups is 2. The number of nitrogens with zero attached hydrogens (tertiary/aromatic N) is 1. The second kappa shape index (κ2) is 7.92. The van der Waals surface area contributed by atoms with Crippen molar-refractivity contribution < 1.29 is 14.7 Å². The highest BCUT2D eigenvalue weighted by Crippen LogP contribution is 2.18. The molecule has 0 saturated heterocycles. The molecule has 1 rings (SSSR count). The van der Waals surface area contributed by atoms with Crippen molar-refractivity contribution in [1.82, 2.24) is 15.5 Å². The van der Waals surface area contributed by atoms with Crippen LogP contribution in [0.5, 0.6) is 0 Å². The molecule has 6 heteroatoms. The van der Waals surface area contributed by atoms with E-state index >= 15 is 0 Å². The summed E-state index contributed by atoms with van der Waals surface area (Å²) < 4.78 is 0. The van der Waals surface area contributed by atoms with Crippen LogP contribution in [-0.2, 0) is 4.79 Å². The fourth-order valence-electron chi connectivity index (χ4n) is 1.62. The first-order valence-electron chi connectivity index (χ1n) is 6.61. The molecule has 2 amide bonds. The maximum absolute atomic E-state index is 11.7. The Balaban J connectivity index is 2.05. The minimum absolute atomic E-state index is 0.00943. The van der Waals surface area contributed by atoms with Gasteiger partial charge in [0, 0.05) is 25.7 Å². The summed E-state index contributed by atoms with van der Waals surface area (Å²) in [4.78, 5) is 23.7. The number of carboxylic acids is 1. The molecule has 1 fully saturated rings. The Kier molecular flexibility index (Phi) is 6.49. The third-order valence-electron chi connectivity index (χ3n) is 2.90. The van der Waals surface area contributed by atoms with Crippen molar-refractivity contribution in [2.24, 2.45) is 0 Å². The van der Waals surface area contributed by atoms with E-state index in [0.717, 1.165) is 13.0 Å². The first-order valence-corrected chi connectivity index (χ1v) is 6.61. The van der Waals surface area contributed by atoms with Crippen molar-refractivity contribution in [3.63, 3.8) is 0 Å². The third-order valence-corrected chi connectivity index (χ3v) is 2.90. The van der Waals surface area contributed by atoms with Crippen molar-refractivity contribution in [1.29, 1.82) is 0 Å². The minimum Gasteiger partial charge on any atom is -0.481 e. The maximum atomic E-state index is 11.7. The molecule has 18 heavy (non-hydrogen) atoms. The van der Waals surface area contributed by atoms with Gasteiger partial charge in [0.25, 0.3) is 0 Å². The molecule has 0 spiro atoms. The van der Waals surface area contributed by atoms with Gasteiger partial charge in [-0.1, -0.05) is 0 Å². The lowest BCUT2D eigenvalue weighted by Gasteiger charge is -2.20. The Bertz CT molecular complexity index is 280. The SMILES string of the molecule is CCN(CCC(=O)O)C(=O)NCCCNC1CC1. The minimum atomic E-state index is -0.880. The average molecular weight is 257 g/mol. The van der Waals surface area contributed by atoms with Crippen molar-refractivity contribution in [3.8, 4) is 0 Å². The second-order valence-corrected chi connectivity index (χ2v) is 4.54. The van der Waals surface area contributed by atoms with Gasteiger partial charge in [0.05, 0.1) is 6.42 Å². The van der Waals surface area contributed by atoms with Gasteiger partial charge in [0.1, 0.15) is 0 Å². The van der Waals surface area contributed by atoms with Gasteiger partial charge in [-0.05, 0) is 32.7 Å². The van der Waals surface area contributed by atoms with Gasteiger partial charge < -0.3 is 20.6 Å². The van der Waals surface area contributed by atoms with Crippen LogP contribution in [0.15, 0.2) is 0 Å². The molecule has 0 aromatic heterocycles. The van der Waals surface area contributed by atoms with Crippen molar-refractivity contribution in [2.45, 2.75) is 38.6 Å². The van der Waals surface area contributed by atoms with Gasteiger partial charge >= 0.3 is 12.0 Å². The summed E-state index contributed by atoms with van der Waals surface area (Å²) in [6, 6.07) is 0.522. The topological polar surface area (TPSA) is 81.7 Å². The lowest BCUT2D eigenvalue weighted by molar-refractivity contribution is -0.137. The van der Waals surface area contributed by atoms with E-state index in [4.69, 9.17) is 5.11 Å². The molecule has 3 N–H and O–H groups in total. The molecule has 0 aliphatic heterocycles. The summed E-state index contributed by atoms with van der Waals surface area (Å²) in [6.07, 6.45) is 3.43. The van der Waals surface area contributed by atoms with Crippen LogP contribution in [-0.4, -0.2) is 54.2 Å². The zero-order valence-electron chi connectivity index (χ0n) is 10.9. The monoisotopic (exact) mass is 257 g/mol. The molecular weight excluding hydrogens is 234 g/mol. The molecule has 1 aliphatic rings. The van der Waals surface area contributed by atoms with Gasteiger partial charge in [-0.3, -0.25) is 4.79 Å². The van der Waals surface area contributed by atoms with Gasteiger partial charge in [-0.15, -0.1) is 0 Å². The number of amides is 2. The normalized spacial score (nSPS) is 14.3. The molecule has 0 aromatic rings. The smallest absolute Gasteiger partial charge is 0.317 e. The van der Waals surface area contributed by atoms with Crippen LogP contribution in [0.4, 0.5) is 4.79 Å². The largest absolute Gasteiger partial charge is 0.481 e. The van der Waals surface area contributed by atoms with Crippen LogP contribution in [0.2, 0.25) is 0 Å². The summed E-state index contributed by atoms with van der Waals surface area (Å²) in [5.74, 6) is -0.880. The van der Waals surface area contributed by atoms with E-state index in [2.05, 4.69) is 10.6 Å². The number of carbonyl (C=O) groups excluding carboxylic acids is 1. The molecule has 104 valence electrons. The molecule has 0 unspecified atom stereocenters. The molecular formula is C12H23N3O3. The summed E-state index contributed by atoms with van der Waals surface area (Å²) in [7, 11) is 0. The lowest BCUT2D eigenvalue weighted by Crippen LogP contribution is -2.41. The molecule has 1 saturated carbocycles. The number of urea groups is 1. The number of aliphatic carboxylic acids is 1. The standard InChI is InChI=1S/C12H23N3O3/c1-2-15(9-6-11(16)17)12(18)14-8-3-7-13-10-4-5-10/h10,13H,2-9H2,1H3,(H,14,18)(H,16,17). The highest BCUT2D eigenvalue weighted by molar-refractivity contribution is 5.75. The average Bonchev–Trinajstić information content (AvgIpc) is 3.13. The molecule has 0 bridgehead atoms. The quantitative estimate of drug-likeness (QED) is 0.529. The Morgan fingerprint density at radius 2 is 2.06 bits per heavy atom. The van der Waals surface area contributed by atoms with Crippen LogP contribution >= 0.6 is 0 Å². The fraction of sp³-hybridized carbons (Fsp3) is 0.833. The molecule has 1 aliphatic carbocycles. The van der Waals surface area contributed by atoms with Crippen molar-refractivity contribution in [3.05, 3.63) is 0 Å². The van der Waals surface area contributed by atoms with E-state index in [9.17, 15) is 9.59 Å². The molecule has 0 radical (unpaired) electrons. The van der Waals surface area contributed by atoms with Crippen LogP contribution in [0.1, 0.15) is 32.6 Å². The fourth-order valence-corrected chi connectivity index (χ4v) is 1.62. The summed E-state index contributed by atoms with van der Waals surface area (Å²) in [5, 5.41) is 14.8. The third kappa shape index (κ3) is 6.44. The highest BCUT2D eigenvalue weighted by Gasteiger charge is 2.19. The van der Waals surface area contributed by atoms with Gasteiger partial charge in [0.15, 0.2) is 0 Å². The molecule has 6 nitrogen and oxygen atoms in total. The van der Waals surface area contributed by atoms with Crippen molar-refractivity contribution in [2.75, 3.05) is 26.2 Å². The van der Waals surface area contributed by atoms with E-state index in [1.807, 2.05) is 6.92 Å².